The summed E-state index contributed by atoms with van der Waals surface area (Å²) < 4.78 is 5.38. The summed E-state index contributed by atoms with van der Waals surface area (Å²) in [6.07, 6.45) is 3.25. The van der Waals surface area contributed by atoms with E-state index in [1.807, 2.05) is 36.5 Å². The van der Waals surface area contributed by atoms with Gasteiger partial charge in [0.05, 0.1) is 6.20 Å². The van der Waals surface area contributed by atoms with Crippen LogP contribution in [0.4, 0.5) is 4.79 Å². The Kier molecular flexibility index (Phi) is 6.43. The first-order valence-electron chi connectivity index (χ1n) is 10.3. The Balaban J connectivity index is 1.47. The highest BCUT2D eigenvalue weighted by Gasteiger charge is 2.16. The van der Waals surface area contributed by atoms with Crippen LogP contribution in [0.3, 0.4) is 0 Å². The van der Waals surface area contributed by atoms with E-state index < -0.39 is 6.09 Å². The maximum Gasteiger partial charge on any atom is 0.407 e. The molecule has 0 fully saturated rings. The fraction of sp³-hybridized carbons (Fsp3) is 0.154. The number of carbonyl (C=O) groups is 1. The number of hydrogen-bond acceptors (Lipinski definition) is 3. The number of aryl methyl sites for hydroxylation is 1. The quantitative estimate of drug-likeness (QED) is 0.425. The number of aromatic amines is 1. The Morgan fingerprint density at radius 2 is 1.61 bits per heavy atom. The molecule has 4 aromatic rings. The normalized spacial score (nSPS) is 11.6. The molecule has 0 radical (unpaired) electrons. The molecule has 4 rings (SSSR count). The molecule has 0 saturated heterocycles. The van der Waals surface area contributed by atoms with Gasteiger partial charge in [-0.1, -0.05) is 84.4 Å². The summed E-state index contributed by atoms with van der Waals surface area (Å²) in [6.45, 7) is 2.76. The lowest BCUT2D eigenvalue weighted by molar-refractivity contribution is 0.139. The van der Waals surface area contributed by atoms with Gasteiger partial charge in [-0.15, -0.1) is 0 Å². The Bertz CT molecular complexity index is 1090. The smallest absolute Gasteiger partial charge is 0.407 e. The van der Waals surface area contributed by atoms with Crippen LogP contribution in [0.5, 0.6) is 0 Å². The van der Waals surface area contributed by atoms with E-state index in [0.29, 0.717) is 6.54 Å². The molecular formula is C26H25N3O2. The molecule has 1 unspecified atom stereocenters. The van der Waals surface area contributed by atoms with Crippen molar-refractivity contribution in [3.63, 3.8) is 0 Å². The average Bonchev–Trinajstić information content (AvgIpc) is 3.35. The number of nitrogens with one attached hydrogen (secondary N) is 2. The molecule has 5 heteroatoms. The van der Waals surface area contributed by atoms with Crippen LogP contribution in [0.25, 0.3) is 11.1 Å². The minimum atomic E-state index is -0.420. The van der Waals surface area contributed by atoms with Gasteiger partial charge in [-0.05, 0) is 29.2 Å². The van der Waals surface area contributed by atoms with Crippen molar-refractivity contribution < 1.29 is 9.53 Å². The van der Waals surface area contributed by atoms with Crippen LogP contribution in [0.15, 0.2) is 91.3 Å². The first kappa shape index (κ1) is 20.4. The van der Waals surface area contributed by atoms with Crippen LogP contribution in [-0.2, 0) is 11.3 Å². The summed E-state index contributed by atoms with van der Waals surface area (Å²) in [4.78, 5) is 12.3. The zero-order valence-electron chi connectivity index (χ0n) is 17.4. The maximum absolute atomic E-state index is 12.3. The maximum atomic E-state index is 12.3. The van der Waals surface area contributed by atoms with E-state index in [9.17, 15) is 4.79 Å². The van der Waals surface area contributed by atoms with Gasteiger partial charge in [-0.2, -0.15) is 5.10 Å². The number of hydrogen-bond donors (Lipinski definition) is 2. The molecule has 1 aromatic heterocycles. The zero-order valence-corrected chi connectivity index (χ0v) is 17.4. The number of ether oxygens (including phenoxy) is 1. The van der Waals surface area contributed by atoms with Gasteiger partial charge in [0.15, 0.2) is 0 Å². The minimum absolute atomic E-state index is 0.0169. The van der Waals surface area contributed by atoms with Crippen molar-refractivity contribution in [1.29, 1.82) is 0 Å². The predicted molar refractivity (Wildman–Crippen MR) is 122 cm³/mol. The average molecular weight is 412 g/mol. The van der Waals surface area contributed by atoms with Crippen LogP contribution in [0, 0.1) is 6.92 Å². The lowest BCUT2D eigenvalue weighted by Gasteiger charge is -2.19. The van der Waals surface area contributed by atoms with Gasteiger partial charge in [-0.3, -0.25) is 5.10 Å². The molecule has 5 nitrogen and oxygen atoms in total. The molecule has 156 valence electrons. The summed E-state index contributed by atoms with van der Waals surface area (Å²) in [7, 11) is 0. The van der Waals surface area contributed by atoms with E-state index in [1.165, 1.54) is 5.56 Å². The van der Waals surface area contributed by atoms with Crippen molar-refractivity contribution in [2.45, 2.75) is 19.4 Å². The molecule has 1 atom stereocenters. The second-order valence-electron chi connectivity index (χ2n) is 7.51. The lowest BCUT2D eigenvalue weighted by Crippen LogP contribution is -2.29. The Hall–Kier alpha value is -3.86. The first-order valence-corrected chi connectivity index (χ1v) is 10.3. The van der Waals surface area contributed by atoms with Gasteiger partial charge >= 0.3 is 6.09 Å². The molecule has 1 heterocycles. The number of amides is 1. The molecule has 0 aliphatic rings. The molecule has 1 amide bonds. The van der Waals surface area contributed by atoms with E-state index in [1.54, 1.807) is 6.20 Å². The summed E-state index contributed by atoms with van der Waals surface area (Å²) in [5, 5.41) is 9.79. The molecule has 0 bridgehead atoms. The number of rotatable bonds is 7. The predicted octanol–water partition coefficient (Wildman–Crippen LogP) is 5.44. The summed E-state index contributed by atoms with van der Waals surface area (Å²) in [5.74, 6) is 0.0169. The molecule has 0 spiro atoms. The summed E-state index contributed by atoms with van der Waals surface area (Å²) in [5.41, 5.74) is 6.57. The van der Waals surface area contributed by atoms with E-state index in [4.69, 9.17) is 4.74 Å². The standard InChI is InChI=1S/C26H25N3O2/c1-19-7-9-22(10-8-19)25(17-27-26(30)31-18-20-5-3-2-4-6-20)23-13-11-21(12-14-23)24-15-28-29-16-24/h2-16,25H,17-18H2,1H3,(H,27,30)(H,28,29). The largest absolute Gasteiger partial charge is 0.445 e. The van der Waals surface area contributed by atoms with Gasteiger partial charge in [-0.25, -0.2) is 4.79 Å². The number of nitrogens with zero attached hydrogens (tertiary/aromatic N) is 1. The number of carbonyl (C=O) groups excluding carboxylic acids is 1. The van der Waals surface area contributed by atoms with Crippen molar-refractivity contribution in [2.24, 2.45) is 0 Å². The van der Waals surface area contributed by atoms with Gasteiger partial charge in [0, 0.05) is 24.2 Å². The van der Waals surface area contributed by atoms with Crippen molar-refractivity contribution in [2.75, 3.05) is 6.54 Å². The molecule has 0 aliphatic carbocycles. The molecule has 0 aliphatic heterocycles. The summed E-state index contributed by atoms with van der Waals surface area (Å²) >= 11 is 0. The van der Waals surface area contributed by atoms with Gasteiger partial charge < -0.3 is 10.1 Å². The fourth-order valence-corrected chi connectivity index (χ4v) is 3.50. The molecule has 2 N–H and O–H groups in total. The van der Waals surface area contributed by atoms with E-state index in [-0.39, 0.29) is 12.5 Å². The van der Waals surface area contributed by atoms with Crippen molar-refractivity contribution in [3.05, 3.63) is 114 Å². The number of aromatic nitrogens is 2. The van der Waals surface area contributed by atoms with Crippen molar-refractivity contribution in [3.8, 4) is 11.1 Å². The zero-order chi connectivity index (χ0) is 21.5. The SMILES string of the molecule is Cc1ccc(C(CNC(=O)OCc2ccccc2)c2ccc(-c3cn[nH]c3)cc2)cc1. The minimum Gasteiger partial charge on any atom is -0.445 e. The Morgan fingerprint density at radius 1 is 0.935 bits per heavy atom. The number of H-pyrrole nitrogens is 1. The topological polar surface area (TPSA) is 67.0 Å². The van der Waals surface area contributed by atoms with Gasteiger partial charge in [0.25, 0.3) is 0 Å². The van der Waals surface area contributed by atoms with Crippen LogP contribution >= 0.6 is 0 Å². The van der Waals surface area contributed by atoms with Crippen molar-refractivity contribution in [1.82, 2.24) is 15.5 Å². The van der Waals surface area contributed by atoms with E-state index in [2.05, 4.69) is 71.0 Å². The lowest BCUT2D eigenvalue weighted by atomic mass is 9.90. The van der Waals surface area contributed by atoms with Gasteiger partial charge in [0.1, 0.15) is 6.61 Å². The fourth-order valence-electron chi connectivity index (χ4n) is 3.50. The molecule has 0 saturated carbocycles. The Morgan fingerprint density at radius 3 is 2.26 bits per heavy atom. The highest BCUT2D eigenvalue weighted by atomic mass is 16.5. The summed E-state index contributed by atoms with van der Waals surface area (Å²) in [6, 6.07) is 26.4. The van der Waals surface area contributed by atoms with Crippen LogP contribution in [0.2, 0.25) is 0 Å². The second-order valence-corrected chi connectivity index (χ2v) is 7.51. The monoisotopic (exact) mass is 411 g/mol. The van der Waals surface area contributed by atoms with Crippen LogP contribution in [-0.4, -0.2) is 22.8 Å². The number of alkyl carbamates (subject to hydrolysis) is 1. The van der Waals surface area contributed by atoms with Crippen LogP contribution in [0.1, 0.15) is 28.2 Å². The first-order chi connectivity index (χ1) is 15.2. The highest BCUT2D eigenvalue weighted by Crippen LogP contribution is 2.27. The molecular weight excluding hydrogens is 386 g/mol. The third-order valence-electron chi connectivity index (χ3n) is 5.29. The number of benzene rings is 3. The highest BCUT2D eigenvalue weighted by molar-refractivity contribution is 5.67. The van der Waals surface area contributed by atoms with E-state index >= 15 is 0 Å². The third kappa shape index (κ3) is 5.39. The molecule has 3 aromatic carbocycles. The second kappa shape index (κ2) is 9.76. The van der Waals surface area contributed by atoms with E-state index in [0.717, 1.165) is 27.8 Å². The van der Waals surface area contributed by atoms with Gasteiger partial charge in [0.2, 0.25) is 0 Å². The van der Waals surface area contributed by atoms with Crippen molar-refractivity contribution >= 4 is 6.09 Å². The third-order valence-corrected chi connectivity index (χ3v) is 5.29. The molecule has 31 heavy (non-hydrogen) atoms. The van der Waals surface area contributed by atoms with Crippen LogP contribution < -0.4 is 5.32 Å². The Labute approximate surface area is 182 Å².